The lowest BCUT2D eigenvalue weighted by Gasteiger charge is -2.29. The van der Waals surface area contributed by atoms with Gasteiger partial charge in [-0.2, -0.15) is 4.31 Å². The minimum atomic E-state index is -3.49. The van der Waals surface area contributed by atoms with Crippen molar-refractivity contribution in [2.45, 2.75) is 69.2 Å². The molecule has 7 nitrogen and oxygen atoms in total. The molecule has 0 spiro atoms. The Balaban J connectivity index is 1.48. The second-order valence-corrected chi connectivity index (χ2v) is 10.7. The van der Waals surface area contributed by atoms with E-state index in [0.717, 1.165) is 44.9 Å². The van der Waals surface area contributed by atoms with Gasteiger partial charge in [0, 0.05) is 25.2 Å². The number of esters is 1. The molecule has 1 aromatic carbocycles. The van der Waals surface area contributed by atoms with E-state index in [4.69, 9.17) is 4.74 Å². The summed E-state index contributed by atoms with van der Waals surface area (Å²) in [7, 11) is -3.49. The van der Waals surface area contributed by atoms with Gasteiger partial charge in [0.2, 0.25) is 10.0 Å². The first-order chi connectivity index (χ1) is 15.4. The molecule has 1 saturated carbocycles. The molecule has 2 aliphatic rings. The van der Waals surface area contributed by atoms with E-state index in [0.29, 0.717) is 24.6 Å². The van der Waals surface area contributed by atoms with Gasteiger partial charge in [0.15, 0.2) is 6.61 Å². The van der Waals surface area contributed by atoms with Crippen LogP contribution in [-0.4, -0.2) is 50.3 Å². The third-order valence-electron chi connectivity index (χ3n) is 6.30. The van der Waals surface area contributed by atoms with Gasteiger partial charge in [-0.25, -0.2) is 13.2 Å². The number of rotatable bonds is 7. The van der Waals surface area contributed by atoms with Crippen LogP contribution in [0.25, 0.3) is 6.08 Å². The second-order valence-electron chi connectivity index (χ2n) is 8.76. The van der Waals surface area contributed by atoms with E-state index in [1.54, 1.807) is 34.6 Å². The quantitative estimate of drug-likeness (QED) is 0.495. The molecule has 2 unspecified atom stereocenters. The molecule has 2 atom stereocenters. The Bertz CT molecular complexity index is 903. The van der Waals surface area contributed by atoms with Gasteiger partial charge < -0.3 is 10.1 Å². The Morgan fingerprint density at radius 1 is 1.03 bits per heavy atom. The molecule has 32 heavy (non-hydrogen) atoms. The molecule has 1 heterocycles. The lowest BCUT2D eigenvalue weighted by atomic mass is 9.86. The molecule has 1 aromatic rings. The Morgan fingerprint density at radius 2 is 1.69 bits per heavy atom. The Morgan fingerprint density at radius 3 is 2.34 bits per heavy atom. The van der Waals surface area contributed by atoms with E-state index >= 15 is 0 Å². The van der Waals surface area contributed by atoms with Crippen LogP contribution in [0.4, 0.5) is 0 Å². The first-order valence-corrected chi connectivity index (χ1v) is 13.0. The lowest BCUT2D eigenvalue weighted by Crippen LogP contribution is -2.42. The smallest absolute Gasteiger partial charge is 0.331 e. The van der Waals surface area contributed by atoms with Crippen LogP contribution in [0.3, 0.4) is 0 Å². The van der Waals surface area contributed by atoms with Crippen molar-refractivity contribution in [1.82, 2.24) is 9.62 Å². The van der Waals surface area contributed by atoms with Crippen molar-refractivity contribution in [1.29, 1.82) is 0 Å². The molecule has 8 heteroatoms. The van der Waals surface area contributed by atoms with Crippen LogP contribution >= 0.6 is 0 Å². The molecule has 1 aliphatic carbocycles. The second kappa shape index (κ2) is 11.6. The number of amides is 1. The molecule has 176 valence electrons. The summed E-state index contributed by atoms with van der Waals surface area (Å²) < 4.78 is 32.2. The van der Waals surface area contributed by atoms with E-state index in [1.807, 2.05) is 0 Å². The van der Waals surface area contributed by atoms with Gasteiger partial charge in [-0.05, 0) is 55.4 Å². The van der Waals surface area contributed by atoms with Gasteiger partial charge in [0.25, 0.3) is 5.91 Å². The number of sulfonamides is 1. The SMILES string of the molecule is CC1CCCCC1NC(=O)COC(=O)/C=C/c1ccc(S(=O)(=O)N2CCCCCC2)cc1. The van der Waals surface area contributed by atoms with Crippen LogP contribution in [0.15, 0.2) is 35.2 Å². The maximum atomic E-state index is 12.8. The summed E-state index contributed by atoms with van der Waals surface area (Å²) in [6.07, 6.45) is 11.1. The van der Waals surface area contributed by atoms with Gasteiger partial charge >= 0.3 is 5.97 Å². The Kier molecular flexibility index (Phi) is 8.87. The highest BCUT2D eigenvalue weighted by Crippen LogP contribution is 2.23. The summed E-state index contributed by atoms with van der Waals surface area (Å²) >= 11 is 0. The molecule has 1 aliphatic heterocycles. The van der Waals surface area contributed by atoms with Crippen LogP contribution in [0, 0.1) is 5.92 Å². The lowest BCUT2D eigenvalue weighted by molar-refractivity contribution is -0.144. The molecule has 2 fully saturated rings. The summed E-state index contributed by atoms with van der Waals surface area (Å²) in [6.45, 7) is 2.94. The summed E-state index contributed by atoms with van der Waals surface area (Å²) in [6, 6.07) is 6.58. The number of ether oxygens (including phenoxy) is 1. The van der Waals surface area contributed by atoms with Crippen LogP contribution in [0.2, 0.25) is 0 Å². The molecule has 1 saturated heterocycles. The largest absolute Gasteiger partial charge is 0.452 e. The number of hydrogen-bond donors (Lipinski definition) is 1. The van der Waals surface area contributed by atoms with E-state index < -0.39 is 16.0 Å². The fraction of sp³-hybridized carbons (Fsp3) is 0.583. The highest BCUT2D eigenvalue weighted by atomic mass is 32.2. The molecule has 0 aromatic heterocycles. The van der Waals surface area contributed by atoms with Gasteiger partial charge in [-0.15, -0.1) is 0 Å². The first-order valence-electron chi connectivity index (χ1n) is 11.6. The minimum absolute atomic E-state index is 0.148. The highest BCUT2D eigenvalue weighted by molar-refractivity contribution is 7.89. The Hall–Kier alpha value is -2.19. The molecule has 1 amide bonds. The van der Waals surface area contributed by atoms with Crippen molar-refractivity contribution in [2.75, 3.05) is 19.7 Å². The molecule has 3 rings (SSSR count). The number of nitrogens with zero attached hydrogens (tertiary/aromatic N) is 1. The zero-order valence-corrected chi connectivity index (χ0v) is 19.6. The number of nitrogens with one attached hydrogen (secondary N) is 1. The summed E-state index contributed by atoms with van der Waals surface area (Å²) in [5, 5.41) is 2.95. The highest BCUT2D eigenvalue weighted by Gasteiger charge is 2.25. The van der Waals surface area contributed by atoms with Gasteiger partial charge in [0.05, 0.1) is 4.90 Å². The monoisotopic (exact) mass is 462 g/mol. The van der Waals surface area contributed by atoms with E-state index in [2.05, 4.69) is 12.2 Å². The number of hydrogen-bond acceptors (Lipinski definition) is 5. The van der Waals surface area contributed by atoms with E-state index in [9.17, 15) is 18.0 Å². The normalized spacial score (nSPS) is 22.9. The predicted octanol–water partition coefficient (Wildman–Crippen LogP) is 3.50. The van der Waals surface area contributed by atoms with Crippen LogP contribution < -0.4 is 5.32 Å². The number of benzene rings is 1. The fourth-order valence-corrected chi connectivity index (χ4v) is 5.83. The first kappa shape index (κ1) is 24.5. The third-order valence-corrected chi connectivity index (χ3v) is 8.21. The van der Waals surface area contributed by atoms with Crippen LogP contribution in [-0.2, 0) is 24.3 Å². The van der Waals surface area contributed by atoms with Crippen molar-refractivity contribution >= 4 is 28.0 Å². The van der Waals surface area contributed by atoms with Crippen LogP contribution in [0.1, 0.15) is 63.9 Å². The van der Waals surface area contributed by atoms with Crippen molar-refractivity contribution in [2.24, 2.45) is 5.92 Å². The van der Waals surface area contributed by atoms with Crippen molar-refractivity contribution in [3.63, 3.8) is 0 Å². The molecular formula is C24H34N2O5S. The van der Waals surface area contributed by atoms with E-state index in [1.165, 1.54) is 12.5 Å². The molecular weight excluding hydrogens is 428 g/mol. The van der Waals surface area contributed by atoms with Crippen molar-refractivity contribution < 1.29 is 22.7 Å². The predicted molar refractivity (Wildman–Crippen MR) is 123 cm³/mol. The maximum Gasteiger partial charge on any atom is 0.331 e. The minimum Gasteiger partial charge on any atom is -0.452 e. The molecule has 0 bridgehead atoms. The van der Waals surface area contributed by atoms with Gasteiger partial charge in [0.1, 0.15) is 0 Å². The maximum absolute atomic E-state index is 12.8. The summed E-state index contributed by atoms with van der Waals surface area (Å²) in [5.41, 5.74) is 0.678. The van der Waals surface area contributed by atoms with Crippen molar-refractivity contribution in [3.8, 4) is 0 Å². The zero-order chi connectivity index (χ0) is 23.0. The number of carbonyl (C=O) groups is 2. The topological polar surface area (TPSA) is 92.8 Å². The Labute approximate surface area is 191 Å². The molecule has 0 radical (unpaired) electrons. The fourth-order valence-electron chi connectivity index (χ4n) is 4.31. The number of carbonyl (C=O) groups excluding carboxylic acids is 2. The van der Waals surface area contributed by atoms with Crippen LogP contribution in [0.5, 0.6) is 0 Å². The third kappa shape index (κ3) is 6.90. The summed E-state index contributed by atoms with van der Waals surface area (Å²) in [4.78, 5) is 24.3. The zero-order valence-electron chi connectivity index (χ0n) is 18.8. The van der Waals surface area contributed by atoms with Gasteiger partial charge in [-0.3, -0.25) is 4.79 Å². The molecule has 1 N–H and O–H groups in total. The average Bonchev–Trinajstić information content (AvgIpc) is 3.08. The average molecular weight is 463 g/mol. The van der Waals surface area contributed by atoms with Crippen molar-refractivity contribution in [3.05, 3.63) is 35.9 Å². The van der Waals surface area contributed by atoms with Gasteiger partial charge in [-0.1, -0.05) is 44.7 Å². The standard InChI is InChI=1S/C24H34N2O5S/c1-19-8-4-5-9-22(19)25-23(27)18-31-24(28)15-12-20-10-13-21(14-11-20)32(29,30)26-16-6-2-3-7-17-26/h10-15,19,22H,2-9,16-18H2,1H3,(H,25,27)/b15-12+. The summed E-state index contributed by atoms with van der Waals surface area (Å²) in [5.74, 6) is -0.457. The van der Waals surface area contributed by atoms with E-state index in [-0.39, 0.29) is 23.5 Å².